The Labute approximate surface area is 439 Å². The largest absolute Gasteiger partial charge is 0.456 e. The summed E-state index contributed by atoms with van der Waals surface area (Å²) in [6, 6.07) is 54.7. The zero-order valence-corrected chi connectivity index (χ0v) is 46.1. The van der Waals surface area contributed by atoms with Crippen molar-refractivity contribution in [1.29, 1.82) is 0 Å². The van der Waals surface area contributed by atoms with Crippen molar-refractivity contribution in [2.45, 2.75) is 142 Å². The van der Waals surface area contributed by atoms with Crippen LogP contribution >= 0.6 is 0 Å². The van der Waals surface area contributed by atoms with Crippen LogP contribution in [0, 0.1) is 13.8 Å². The molecule has 368 valence electrons. The van der Waals surface area contributed by atoms with Gasteiger partial charge in [0.2, 0.25) is 0 Å². The zero-order valence-electron chi connectivity index (χ0n) is 46.1. The minimum Gasteiger partial charge on any atom is -0.456 e. The molecule has 14 rings (SSSR count). The van der Waals surface area contributed by atoms with Crippen LogP contribution in [0.5, 0.6) is 0 Å². The fraction of sp³-hybridized carbons (Fsp3) is 0.314. The second kappa shape index (κ2) is 14.5. The Morgan fingerprint density at radius 1 is 0.405 bits per heavy atom. The summed E-state index contributed by atoms with van der Waals surface area (Å²) >= 11 is 0. The molecule has 8 aromatic carbocycles. The SMILES string of the molecule is Cc1cc2c3c(c1)N(c1cc4c(cc1C)C(C)(C)CCC4(C)C)c1c(ccc4oc5ccccc5c14)B3c1cc3c(cc1N2c1ccc2c(c1)C(C)(C)c1ccccc1C2(C)C)C(C)(C)c1ccccc1C3(C)C. The van der Waals surface area contributed by atoms with E-state index < -0.39 is 0 Å². The minimum absolute atomic E-state index is 0.0260. The molecule has 9 aromatic rings. The van der Waals surface area contributed by atoms with Gasteiger partial charge in [0.1, 0.15) is 11.2 Å². The van der Waals surface area contributed by atoms with Crippen LogP contribution in [0.3, 0.4) is 0 Å². The summed E-state index contributed by atoms with van der Waals surface area (Å²) in [6.45, 7) is 34.0. The zero-order chi connectivity index (χ0) is 51.6. The van der Waals surface area contributed by atoms with Gasteiger partial charge in [0.05, 0.1) is 11.1 Å². The van der Waals surface area contributed by atoms with Gasteiger partial charge in [-0.3, -0.25) is 0 Å². The van der Waals surface area contributed by atoms with Crippen molar-refractivity contribution in [1.82, 2.24) is 0 Å². The first-order valence-corrected chi connectivity index (χ1v) is 27.4. The van der Waals surface area contributed by atoms with Crippen LogP contribution in [0.15, 0.2) is 144 Å². The van der Waals surface area contributed by atoms with E-state index in [1.165, 1.54) is 129 Å². The van der Waals surface area contributed by atoms with E-state index in [2.05, 4.69) is 246 Å². The number of nitrogens with zero attached hydrogens (tertiary/aromatic N) is 2. The summed E-state index contributed by atoms with van der Waals surface area (Å²) in [4.78, 5) is 5.38. The maximum absolute atomic E-state index is 6.87. The van der Waals surface area contributed by atoms with E-state index in [1.807, 2.05) is 0 Å². The van der Waals surface area contributed by atoms with Crippen LogP contribution in [0.1, 0.15) is 163 Å². The molecule has 0 amide bonds. The number of furan rings is 1. The van der Waals surface area contributed by atoms with Crippen LogP contribution in [-0.2, 0) is 32.5 Å². The first-order valence-electron chi connectivity index (χ1n) is 27.4. The van der Waals surface area contributed by atoms with E-state index >= 15 is 0 Å². The van der Waals surface area contributed by atoms with Gasteiger partial charge in [-0.2, -0.15) is 0 Å². The summed E-state index contributed by atoms with van der Waals surface area (Å²) in [6.07, 6.45) is 2.33. The smallest absolute Gasteiger partial charge is 0.252 e. The average Bonchev–Trinajstić information content (AvgIpc) is 3.79. The molecule has 74 heavy (non-hydrogen) atoms. The minimum atomic E-state index is -0.235. The molecule has 0 saturated heterocycles. The molecule has 3 aliphatic carbocycles. The number of rotatable bonds is 2. The van der Waals surface area contributed by atoms with Crippen molar-refractivity contribution < 1.29 is 4.42 Å². The summed E-state index contributed by atoms with van der Waals surface area (Å²) < 4.78 is 6.87. The molecule has 2 aliphatic heterocycles. The third-order valence-corrected chi connectivity index (χ3v) is 19.8. The molecule has 3 heterocycles. The van der Waals surface area contributed by atoms with Gasteiger partial charge in [-0.25, -0.2) is 0 Å². The third kappa shape index (κ3) is 5.81. The fourth-order valence-electron chi connectivity index (χ4n) is 15.4. The second-order valence-corrected chi connectivity index (χ2v) is 26.5. The maximum Gasteiger partial charge on any atom is 0.252 e. The molecule has 3 nitrogen and oxygen atoms in total. The van der Waals surface area contributed by atoms with Crippen molar-refractivity contribution >= 4 is 79.2 Å². The number of anilines is 6. The van der Waals surface area contributed by atoms with Gasteiger partial charge in [0, 0.05) is 55.5 Å². The predicted molar refractivity (Wildman–Crippen MR) is 314 cm³/mol. The summed E-state index contributed by atoms with van der Waals surface area (Å²) in [5.74, 6) is 0. The molecule has 5 aliphatic rings. The van der Waals surface area contributed by atoms with Crippen molar-refractivity contribution in [3.05, 3.63) is 206 Å². The molecule has 0 atom stereocenters. The van der Waals surface area contributed by atoms with Gasteiger partial charge in [-0.15, -0.1) is 0 Å². The Bertz CT molecular complexity index is 3970. The van der Waals surface area contributed by atoms with Crippen molar-refractivity contribution in [2.24, 2.45) is 0 Å². The van der Waals surface area contributed by atoms with Gasteiger partial charge in [0.25, 0.3) is 6.71 Å². The maximum atomic E-state index is 6.87. The van der Waals surface area contributed by atoms with Gasteiger partial charge < -0.3 is 14.2 Å². The highest BCUT2D eigenvalue weighted by atomic mass is 16.3. The van der Waals surface area contributed by atoms with E-state index in [0.29, 0.717) is 0 Å². The molecule has 0 bridgehead atoms. The highest BCUT2D eigenvalue weighted by molar-refractivity contribution is 7.00. The molecular weight excluding hydrogens is 896 g/mol. The number of hydrogen-bond donors (Lipinski definition) is 0. The van der Waals surface area contributed by atoms with Gasteiger partial charge in [-0.05, 0) is 169 Å². The van der Waals surface area contributed by atoms with E-state index in [-0.39, 0.29) is 39.2 Å². The van der Waals surface area contributed by atoms with Crippen LogP contribution in [0.25, 0.3) is 21.9 Å². The van der Waals surface area contributed by atoms with E-state index in [9.17, 15) is 0 Å². The number of benzene rings is 8. The van der Waals surface area contributed by atoms with Crippen LogP contribution < -0.4 is 26.2 Å². The molecule has 4 heteroatoms. The molecule has 0 radical (unpaired) electrons. The summed E-state index contributed by atoms with van der Waals surface area (Å²) in [5.41, 5.74) is 29.4. The number of aryl methyl sites for hydroxylation is 2. The molecule has 0 spiro atoms. The van der Waals surface area contributed by atoms with Gasteiger partial charge in [-0.1, -0.05) is 174 Å². The highest BCUT2D eigenvalue weighted by Crippen LogP contribution is 2.57. The van der Waals surface area contributed by atoms with E-state index in [1.54, 1.807) is 0 Å². The standard InChI is InChI=1S/C70H69BN2O/c1-40-33-58-63-59(34-40)73(56-38-50-49(35-41(56)2)65(3,4)31-32-66(50,5)6)64-54(29-30-61-62(64)43-21-15-20-26-60(43)74-61)71(63)55-37-52-53(70(13,14)47-25-19-18-24-46(47)69(52,11)12)39-57(55)72(58)42-27-28-48-51(36-42)68(9,10)45-23-17-16-22-44(45)67(48,7)8/h15-30,33-39H,31-32H2,1-14H3. The van der Waals surface area contributed by atoms with E-state index in [4.69, 9.17) is 4.42 Å². The molecule has 0 saturated carbocycles. The lowest BCUT2D eigenvalue weighted by atomic mass is 9.33. The Balaban J connectivity index is 1.12. The monoisotopic (exact) mass is 965 g/mol. The Morgan fingerprint density at radius 2 is 0.905 bits per heavy atom. The highest BCUT2D eigenvalue weighted by Gasteiger charge is 2.50. The summed E-state index contributed by atoms with van der Waals surface area (Å²) in [7, 11) is 0. The van der Waals surface area contributed by atoms with Crippen LogP contribution in [-0.4, -0.2) is 6.71 Å². The van der Waals surface area contributed by atoms with Crippen LogP contribution in [0.2, 0.25) is 0 Å². The topological polar surface area (TPSA) is 19.6 Å². The average molecular weight is 965 g/mol. The Kier molecular flexibility index (Phi) is 9.00. The Morgan fingerprint density at radius 3 is 1.53 bits per heavy atom. The predicted octanol–water partition coefficient (Wildman–Crippen LogP) is 16.6. The molecule has 1 aromatic heterocycles. The van der Waals surface area contributed by atoms with Gasteiger partial charge in [0.15, 0.2) is 0 Å². The van der Waals surface area contributed by atoms with Crippen molar-refractivity contribution in [3.63, 3.8) is 0 Å². The lowest BCUT2D eigenvalue weighted by Crippen LogP contribution is -2.62. The first kappa shape index (κ1) is 45.8. The lowest BCUT2D eigenvalue weighted by Gasteiger charge is -2.49. The molecule has 0 N–H and O–H groups in total. The quantitative estimate of drug-likeness (QED) is 0.161. The number of fused-ring (bicyclic) bond motifs is 13. The van der Waals surface area contributed by atoms with Crippen molar-refractivity contribution in [3.8, 4) is 0 Å². The van der Waals surface area contributed by atoms with E-state index in [0.717, 1.165) is 23.0 Å². The molecular formula is C70H69BN2O. The molecule has 0 unspecified atom stereocenters. The first-order chi connectivity index (χ1) is 35.0. The fourth-order valence-corrected chi connectivity index (χ4v) is 15.4. The third-order valence-electron chi connectivity index (χ3n) is 19.8. The van der Waals surface area contributed by atoms with Crippen molar-refractivity contribution in [2.75, 3.05) is 9.80 Å². The Hall–Kier alpha value is -6.78. The lowest BCUT2D eigenvalue weighted by molar-refractivity contribution is 0.332. The second-order valence-electron chi connectivity index (χ2n) is 26.5. The van der Waals surface area contributed by atoms with Gasteiger partial charge >= 0.3 is 0 Å². The number of para-hydroxylation sites is 1. The number of hydrogen-bond acceptors (Lipinski definition) is 3. The molecule has 0 fully saturated rings. The van der Waals surface area contributed by atoms with Crippen LogP contribution in [0.4, 0.5) is 34.1 Å². The normalized spacial score (nSPS) is 19.1. The summed E-state index contributed by atoms with van der Waals surface area (Å²) in [5, 5.41) is 2.34.